The molecular weight excluding hydrogens is 328 g/mol. The van der Waals surface area contributed by atoms with Gasteiger partial charge in [0.25, 0.3) is 5.91 Å². The molecule has 26 heavy (non-hydrogen) atoms. The van der Waals surface area contributed by atoms with E-state index in [1.807, 2.05) is 24.0 Å². The summed E-state index contributed by atoms with van der Waals surface area (Å²) in [6, 6.07) is 8.18. The Morgan fingerprint density at radius 3 is 2.54 bits per heavy atom. The Bertz CT molecular complexity index is 1010. The van der Waals surface area contributed by atoms with Gasteiger partial charge in [0.05, 0.1) is 10.9 Å². The minimum absolute atomic E-state index is 0.0312. The Balaban J connectivity index is 1.56. The molecule has 6 nitrogen and oxygen atoms in total. The summed E-state index contributed by atoms with van der Waals surface area (Å²) in [6.07, 6.45) is 3.68. The van der Waals surface area contributed by atoms with E-state index in [0.29, 0.717) is 41.3 Å². The lowest BCUT2D eigenvalue weighted by Crippen LogP contribution is -2.26. The van der Waals surface area contributed by atoms with Gasteiger partial charge in [-0.15, -0.1) is 0 Å². The molecule has 3 aromatic rings. The summed E-state index contributed by atoms with van der Waals surface area (Å²) in [5.41, 5.74) is 3.48. The van der Waals surface area contributed by atoms with Gasteiger partial charge in [-0.1, -0.05) is 24.3 Å². The fraction of sp³-hybridized carbons (Fsp3) is 0.350. The molecule has 3 heterocycles. The van der Waals surface area contributed by atoms with Crippen molar-refractivity contribution in [3.8, 4) is 0 Å². The molecule has 1 N–H and O–H groups in total. The average Bonchev–Trinajstić information content (AvgIpc) is 3.07. The Labute approximate surface area is 151 Å². The van der Waals surface area contributed by atoms with E-state index in [2.05, 4.69) is 34.3 Å². The van der Waals surface area contributed by atoms with E-state index in [9.17, 15) is 4.79 Å². The lowest BCUT2D eigenvalue weighted by molar-refractivity contribution is 0.0751. The molecule has 132 valence electrons. The molecule has 5 rings (SSSR count). The smallest absolute Gasteiger partial charge is 0.258 e. The number of nitrogens with zero attached hydrogens (tertiary/aromatic N) is 3. The summed E-state index contributed by atoms with van der Waals surface area (Å²) in [7, 11) is 0. The van der Waals surface area contributed by atoms with Crippen molar-refractivity contribution in [2.24, 2.45) is 0 Å². The van der Waals surface area contributed by atoms with Crippen LogP contribution in [0.4, 0.5) is 5.82 Å². The van der Waals surface area contributed by atoms with Gasteiger partial charge >= 0.3 is 0 Å². The molecule has 1 aliphatic carbocycles. The number of hydrogen-bond acceptors (Lipinski definition) is 5. The van der Waals surface area contributed by atoms with E-state index < -0.39 is 0 Å². The number of anilines is 1. The van der Waals surface area contributed by atoms with Crippen molar-refractivity contribution in [2.75, 3.05) is 5.32 Å². The zero-order chi connectivity index (χ0) is 17.9. The number of hydrogen-bond donors (Lipinski definition) is 1. The van der Waals surface area contributed by atoms with E-state index in [4.69, 9.17) is 4.42 Å². The van der Waals surface area contributed by atoms with Gasteiger partial charge in [0.1, 0.15) is 17.9 Å². The number of fused-ring (bicyclic) bond motifs is 2. The highest BCUT2D eigenvalue weighted by molar-refractivity contribution is 6.10. The Kier molecular flexibility index (Phi) is 3.13. The first-order valence-corrected chi connectivity index (χ1v) is 8.92. The van der Waals surface area contributed by atoms with Crippen LogP contribution >= 0.6 is 0 Å². The summed E-state index contributed by atoms with van der Waals surface area (Å²) >= 11 is 0. The van der Waals surface area contributed by atoms with Crippen LogP contribution in [0, 0.1) is 6.92 Å². The van der Waals surface area contributed by atoms with E-state index >= 15 is 0 Å². The van der Waals surface area contributed by atoms with Gasteiger partial charge in [-0.2, -0.15) is 0 Å². The highest BCUT2D eigenvalue weighted by Crippen LogP contribution is 2.40. The average molecular weight is 348 g/mol. The summed E-state index contributed by atoms with van der Waals surface area (Å²) in [5, 5.41) is 4.16. The number of amides is 1. The number of carbonyl (C=O) groups is 1. The van der Waals surface area contributed by atoms with Crippen molar-refractivity contribution in [3.05, 3.63) is 53.0 Å². The number of rotatable bonds is 3. The number of aromatic nitrogens is 2. The molecule has 0 saturated heterocycles. The molecule has 0 spiro atoms. The molecule has 1 aromatic carbocycles. The summed E-state index contributed by atoms with van der Waals surface area (Å²) in [4.78, 5) is 23.8. The first kappa shape index (κ1) is 15.4. The minimum atomic E-state index is -0.0312. The van der Waals surface area contributed by atoms with Crippen LogP contribution in [-0.4, -0.2) is 26.3 Å². The number of carbonyl (C=O) groups excluding carboxylic acids is 1. The van der Waals surface area contributed by atoms with Crippen LogP contribution in [0.15, 0.2) is 35.0 Å². The molecule has 1 amide bonds. The summed E-state index contributed by atoms with van der Waals surface area (Å²) in [6.45, 7) is 5.22. The normalized spacial score (nSPS) is 17.4. The summed E-state index contributed by atoms with van der Waals surface area (Å²) < 4.78 is 5.79. The van der Waals surface area contributed by atoms with Gasteiger partial charge in [-0.25, -0.2) is 9.97 Å². The number of benzene rings is 1. The van der Waals surface area contributed by atoms with Gasteiger partial charge in [0.2, 0.25) is 5.71 Å². The van der Waals surface area contributed by atoms with Crippen LogP contribution in [0.3, 0.4) is 0 Å². The first-order chi connectivity index (χ1) is 12.5. The molecule has 0 radical (unpaired) electrons. The second-order valence-corrected chi connectivity index (χ2v) is 7.55. The zero-order valence-corrected chi connectivity index (χ0v) is 14.9. The van der Waals surface area contributed by atoms with Crippen molar-refractivity contribution in [3.63, 3.8) is 0 Å². The molecule has 0 atom stereocenters. The highest BCUT2D eigenvalue weighted by Gasteiger charge is 2.39. The number of aryl methyl sites for hydroxylation is 1. The van der Waals surface area contributed by atoms with Crippen LogP contribution in [0.25, 0.3) is 11.1 Å². The zero-order valence-electron chi connectivity index (χ0n) is 14.9. The standard InChI is InChI=1S/C20H20N4O2/c1-12-15(19(25)24-9-13-5-3-4-6-14(13)10-24)16-17(23-20(2)7-8-20)21-11-22-18(16)26-12/h3-6,11H,7-10H2,1-2H3,(H,21,22,23). The van der Waals surface area contributed by atoms with Crippen LogP contribution < -0.4 is 5.32 Å². The topological polar surface area (TPSA) is 71.3 Å². The molecule has 0 bridgehead atoms. The predicted molar refractivity (Wildman–Crippen MR) is 97.8 cm³/mol. The van der Waals surface area contributed by atoms with Crippen LogP contribution in [0.5, 0.6) is 0 Å². The van der Waals surface area contributed by atoms with Crippen molar-refractivity contribution >= 4 is 22.8 Å². The Morgan fingerprint density at radius 1 is 1.19 bits per heavy atom. The van der Waals surface area contributed by atoms with Crippen LogP contribution in [0.1, 0.15) is 47.0 Å². The Hall–Kier alpha value is -2.89. The second kappa shape index (κ2) is 5.30. The van der Waals surface area contributed by atoms with E-state index in [1.54, 1.807) is 0 Å². The van der Waals surface area contributed by atoms with Crippen LogP contribution in [0.2, 0.25) is 0 Å². The second-order valence-electron chi connectivity index (χ2n) is 7.55. The first-order valence-electron chi connectivity index (χ1n) is 8.92. The molecular formula is C20H20N4O2. The lowest BCUT2D eigenvalue weighted by Gasteiger charge is -2.17. The number of furan rings is 1. The SMILES string of the molecule is Cc1oc2ncnc(NC3(C)CC3)c2c1C(=O)N1Cc2ccccc2C1. The van der Waals surface area contributed by atoms with E-state index in [0.717, 1.165) is 12.8 Å². The van der Waals surface area contributed by atoms with Crippen molar-refractivity contribution in [1.29, 1.82) is 0 Å². The van der Waals surface area contributed by atoms with Crippen molar-refractivity contribution < 1.29 is 9.21 Å². The third kappa shape index (κ3) is 2.36. The third-order valence-electron chi connectivity index (χ3n) is 5.43. The summed E-state index contributed by atoms with van der Waals surface area (Å²) in [5.74, 6) is 1.24. The van der Waals surface area contributed by atoms with Crippen molar-refractivity contribution in [1.82, 2.24) is 14.9 Å². The molecule has 2 aliphatic rings. The van der Waals surface area contributed by atoms with E-state index in [1.165, 1.54) is 17.5 Å². The van der Waals surface area contributed by atoms with Crippen molar-refractivity contribution in [2.45, 2.75) is 45.3 Å². The molecule has 1 saturated carbocycles. The van der Waals surface area contributed by atoms with Gasteiger partial charge < -0.3 is 14.6 Å². The largest absolute Gasteiger partial charge is 0.442 e. The molecule has 6 heteroatoms. The monoisotopic (exact) mass is 348 g/mol. The third-order valence-corrected chi connectivity index (χ3v) is 5.43. The maximum atomic E-state index is 13.3. The predicted octanol–water partition coefficient (Wildman–Crippen LogP) is 3.65. The Morgan fingerprint density at radius 2 is 1.88 bits per heavy atom. The molecule has 2 aromatic heterocycles. The van der Waals surface area contributed by atoms with Gasteiger partial charge in [0.15, 0.2) is 0 Å². The fourth-order valence-corrected chi connectivity index (χ4v) is 3.63. The van der Waals surface area contributed by atoms with Gasteiger partial charge in [-0.05, 0) is 37.8 Å². The number of nitrogens with one attached hydrogen (secondary N) is 1. The maximum absolute atomic E-state index is 13.3. The maximum Gasteiger partial charge on any atom is 0.258 e. The van der Waals surface area contributed by atoms with Gasteiger partial charge in [-0.3, -0.25) is 4.79 Å². The minimum Gasteiger partial charge on any atom is -0.442 e. The quantitative estimate of drug-likeness (QED) is 0.782. The molecule has 1 aliphatic heterocycles. The molecule has 1 fully saturated rings. The highest BCUT2D eigenvalue weighted by atomic mass is 16.3. The van der Waals surface area contributed by atoms with E-state index in [-0.39, 0.29) is 11.4 Å². The van der Waals surface area contributed by atoms with Gasteiger partial charge in [0, 0.05) is 18.6 Å². The molecule has 0 unspecified atom stereocenters. The fourth-order valence-electron chi connectivity index (χ4n) is 3.63. The lowest BCUT2D eigenvalue weighted by atomic mass is 10.1. The van der Waals surface area contributed by atoms with Crippen LogP contribution in [-0.2, 0) is 13.1 Å².